The predicted molar refractivity (Wildman–Crippen MR) is 118 cm³/mol. The molecule has 0 aliphatic rings. The summed E-state index contributed by atoms with van der Waals surface area (Å²) in [5.41, 5.74) is 3.41. The maximum atomic E-state index is 13.0. The van der Waals surface area contributed by atoms with E-state index in [1.54, 1.807) is 49.4 Å². The van der Waals surface area contributed by atoms with E-state index in [4.69, 9.17) is 5.84 Å². The molecular formula is C22H17N5O3S. The highest BCUT2D eigenvalue weighted by atomic mass is 32.1. The number of rotatable bonds is 5. The number of phenols is 1. The standard InChI is InChI=1S/C22H17N5O3S/c1-12-17(21(30)24-23)22(31-27-12)26-25-18-15-10-6-5-9-14(15)11-16(20(18)29)19(28)13-7-3-2-4-8-13/h2-11,29H,23H2,1H3,(H,24,30)/b26-25+. The fourth-order valence-electron chi connectivity index (χ4n) is 3.19. The number of fused-ring (bicyclic) bond motifs is 1. The van der Waals surface area contributed by atoms with Gasteiger partial charge in [-0.3, -0.25) is 15.0 Å². The largest absolute Gasteiger partial charge is 0.505 e. The van der Waals surface area contributed by atoms with Crippen molar-refractivity contribution in [3.8, 4) is 5.75 Å². The molecule has 0 bridgehead atoms. The highest BCUT2D eigenvalue weighted by Crippen LogP contribution is 2.41. The van der Waals surface area contributed by atoms with Gasteiger partial charge in [-0.05, 0) is 29.9 Å². The second-order valence-corrected chi connectivity index (χ2v) is 7.41. The van der Waals surface area contributed by atoms with Crippen LogP contribution in [0.2, 0.25) is 0 Å². The Labute approximate surface area is 181 Å². The van der Waals surface area contributed by atoms with Crippen LogP contribution >= 0.6 is 11.5 Å². The van der Waals surface area contributed by atoms with Crippen molar-refractivity contribution in [1.82, 2.24) is 9.80 Å². The molecule has 0 unspecified atom stereocenters. The van der Waals surface area contributed by atoms with Gasteiger partial charge in [0.15, 0.2) is 16.5 Å². The lowest BCUT2D eigenvalue weighted by Crippen LogP contribution is -2.30. The Balaban J connectivity index is 1.87. The van der Waals surface area contributed by atoms with Crippen LogP contribution in [0.5, 0.6) is 5.75 Å². The SMILES string of the molecule is Cc1nsc(/N=N/c2c(O)c(C(=O)c3ccccc3)cc3ccccc23)c1C(=O)NN. The van der Waals surface area contributed by atoms with E-state index in [9.17, 15) is 14.7 Å². The van der Waals surface area contributed by atoms with E-state index in [0.29, 0.717) is 22.0 Å². The van der Waals surface area contributed by atoms with Crippen molar-refractivity contribution >= 4 is 44.7 Å². The Morgan fingerprint density at radius 2 is 1.77 bits per heavy atom. The van der Waals surface area contributed by atoms with Crippen LogP contribution in [0.25, 0.3) is 10.8 Å². The lowest BCUT2D eigenvalue weighted by molar-refractivity contribution is 0.0953. The maximum Gasteiger partial charge on any atom is 0.270 e. The highest BCUT2D eigenvalue weighted by molar-refractivity contribution is 7.10. The van der Waals surface area contributed by atoms with Crippen molar-refractivity contribution in [3.63, 3.8) is 0 Å². The summed E-state index contributed by atoms with van der Waals surface area (Å²) < 4.78 is 4.12. The van der Waals surface area contributed by atoms with Gasteiger partial charge >= 0.3 is 0 Å². The van der Waals surface area contributed by atoms with Gasteiger partial charge in [-0.25, -0.2) is 5.84 Å². The minimum Gasteiger partial charge on any atom is -0.505 e. The smallest absolute Gasteiger partial charge is 0.270 e. The van der Waals surface area contributed by atoms with Gasteiger partial charge in [0.2, 0.25) is 0 Å². The Morgan fingerprint density at radius 3 is 2.52 bits per heavy atom. The quantitative estimate of drug-likeness (QED) is 0.140. The van der Waals surface area contributed by atoms with E-state index in [2.05, 4.69) is 20.0 Å². The lowest BCUT2D eigenvalue weighted by Gasteiger charge is -2.10. The summed E-state index contributed by atoms with van der Waals surface area (Å²) in [6.07, 6.45) is 0. The van der Waals surface area contributed by atoms with E-state index in [1.807, 2.05) is 18.2 Å². The number of hydrazine groups is 1. The Morgan fingerprint density at radius 1 is 1.06 bits per heavy atom. The number of ketones is 1. The number of nitrogens with two attached hydrogens (primary N) is 1. The molecule has 1 amide bonds. The second kappa shape index (κ2) is 8.42. The number of aryl methyl sites for hydroxylation is 1. The molecule has 154 valence electrons. The summed E-state index contributed by atoms with van der Waals surface area (Å²) in [6.45, 7) is 1.66. The predicted octanol–water partition coefficient (Wildman–Crippen LogP) is 4.56. The van der Waals surface area contributed by atoms with E-state index < -0.39 is 5.91 Å². The molecule has 0 radical (unpaired) electrons. The highest BCUT2D eigenvalue weighted by Gasteiger charge is 2.21. The van der Waals surface area contributed by atoms with E-state index in [-0.39, 0.29) is 33.3 Å². The van der Waals surface area contributed by atoms with Crippen molar-refractivity contribution in [1.29, 1.82) is 0 Å². The molecule has 0 fully saturated rings. The molecule has 4 aromatic rings. The average Bonchev–Trinajstić information content (AvgIpc) is 3.18. The second-order valence-electron chi connectivity index (χ2n) is 6.66. The van der Waals surface area contributed by atoms with Crippen molar-refractivity contribution in [2.24, 2.45) is 16.1 Å². The summed E-state index contributed by atoms with van der Waals surface area (Å²) in [5, 5.41) is 20.9. The van der Waals surface area contributed by atoms with Gasteiger partial charge in [0.05, 0.1) is 11.3 Å². The molecule has 0 atom stereocenters. The lowest BCUT2D eigenvalue weighted by atomic mass is 9.97. The van der Waals surface area contributed by atoms with Crippen molar-refractivity contribution < 1.29 is 14.7 Å². The molecule has 4 N–H and O–H groups in total. The number of aromatic hydroxyl groups is 1. The number of phenolic OH excluding ortho intramolecular Hbond substituents is 1. The zero-order chi connectivity index (χ0) is 22.0. The zero-order valence-corrected chi connectivity index (χ0v) is 17.2. The molecule has 0 aliphatic heterocycles. The third-order valence-corrected chi connectivity index (χ3v) is 5.54. The zero-order valence-electron chi connectivity index (χ0n) is 16.4. The van der Waals surface area contributed by atoms with E-state index >= 15 is 0 Å². The summed E-state index contributed by atoms with van der Waals surface area (Å²) in [7, 11) is 0. The summed E-state index contributed by atoms with van der Waals surface area (Å²) in [6, 6.07) is 17.5. The van der Waals surface area contributed by atoms with Gasteiger partial charge in [0.1, 0.15) is 11.3 Å². The van der Waals surface area contributed by atoms with Gasteiger partial charge in [0.25, 0.3) is 5.91 Å². The van der Waals surface area contributed by atoms with Gasteiger partial charge in [-0.1, -0.05) is 54.6 Å². The number of nitrogens with one attached hydrogen (secondary N) is 1. The van der Waals surface area contributed by atoms with Crippen LogP contribution < -0.4 is 11.3 Å². The van der Waals surface area contributed by atoms with Crippen LogP contribution in [-0.4, -0.2) is 21.2 Å². The summed E-state index contributed by atoms with van der Waals surface area (Å²) in [5.74, 6) is 4.08. The van der Waals surface area contributed by atoms with Gasteiger partial charge in [0, 0.05) is 10.9 Å². The molecule has 1 heterocycles. The molecule has 4 rings (SSSR count). The molecule has 9 heteroatoms. The van der Waals surface area contributed by atoms with Gasteiger partial charge < -0.3 is 5.11 Å². The number of hydrogen-bond donors (Lipinski definition) is 3. The monoisotopic (exact) mass is 431 g/mol. The first-order valence-corrected chi connectivity index (χ1v) is 10.0. The third kappa shape index (κ3) is 3.79. The Kier molecular flexibility index (Phi) is 5.52. The van der Waals surface area contributed by atoms with E-state index in [0.717, 1.165) is 11.5 Å². The molecule has 1 aromatic heterocycles. The topological polar surface area (TPSA) is 130 Å². The third-order valence-electron chi connectivity index (χ3n) is 4.72. The molecule has 3 aromatic carbocycles. The molecule has 0 saturated carbocycles. The van der Waals surface area contributed by atoms with Crippen LogP contribution in [0.15, 0.2) is 70.9 Å². The van der Waals surface area contributed by atoms with Crippen molar-refractivity contribution in [2.45, 2.75) is 6.92 Å². The Hall–Kier alpha value is -3.95. The first kappa shape index (κ1) is 20.3. The Bertz CT molecular complexity index is 1330. The van der Waals surface area contributed by atoms with Gasteiger partial charge in [-0.15, -0.1) is 10.2 Å². The molecule has 0 saturated heterocycles. The van der Waals surface area contributed by atoms with Crippen LogP contribution in [0.4, 0.5) is 10.7 Å². The number of nitrogen functional groups attached to an aromatic ring is 1. The van der Waals surface area contributed by atoms with Crippen molar-refractivity contribution in [3.05, 3.63) is 83.0 Å². The molecule has 8 nitrogen and oxygen atoms in total. The van der Waals surface area contributed by atoms with Crippen LogP contribution in [0.1, 0.15) is 32.0 Å². The fraction of sp³-hybridized carbons (Fsp3) is 0.0455. The van der Waals surface area contributed by atoms with Crippen LogP contribution in [0.3, 0.4) is 0 Å². The minimum atomic E-state index is -0.540. The number of amides is 1. The minimum absolute atomic E-state index is 0.110. The first-order chi connectivity index (χ1) is 15.0. The first-order valence-electron chi connectivity index (χ1n) is 9.24. The average molecular weight is 431 g/mol. The number of hydrogen-bond acceptors (Lipinski definition) is 8. The van der Waals surface area contributed by atoms with Crippen LogP contribution in [-0.2, 0) is 0 Å². The fourth-order valence-corrected chi connectivity index (χ4v) is 3.92. The molecule has 31 heavy (non-hydrogen) atoms. The maximum absolute atomic E-state index is 13.0. The van der Waals surface area contributed by atoms with Crippen LogP contribution in [0, 0.1) is 6.92 Å². The van der Waals surface area contributed by atoms with Gasteiger partial charge in [-0.2, -0.15) is 4.37 Å². The normalized spacial score (nSPS) is 11.2. The molecule has 0 aliphatic carbocycles. The number of azo groups is 1. The number of benzene rings is 3. The summed E-state index contributed by atoms with van der Waals surface area (Å²) >= 11 is 0.982. The molecule has 0 spiro atoms. The van der Waals surface area contributed by atoms with E-state index in [1.165, 1.54) is 0 Å². The van der Waals surface area contributed by atoms with Crippen molar-refractivity contribution in [2.75, 3.05) is 0 Å². The number of nitrogens with zero attached hydrogens (tertiary/aromatic N) is 3. The summed E-state index contributed by atoms with van der Waals surface area (Å²) in [4.78, 5) is 25.1. The molecular weight excluding hydrogens is 414 g/mol. The number of carbonyl (C=O) groups is 2. The number of aromatic nitrogens is 1. The number of carbonyl (C=O) groups excluding carboxylic acids is 2.